The summed E-state index contributed by atoms with van der Waals surface area (Å²) >= 11 is 3.37. The molecule has 0 saturated heterocycles. The fourth-order valence-electron chi connectivity index (χ4n) is 1.69. The van der Waals surface area contributed by atoms with Gasteiger partial charge in [0.05, 0.1) is 4.83 Å². The number of fused-ring (bicyclic) bond motifs is 1. The zero-order chi connectivity index (χ0) is 8.72. The molecular weight excluding hydrogens is 216 g/mol. The molecule has 1 aliphatic carbocycles. The molecule has 0 N–H and O–H groups in total. The van der Waals surface area contributed by atoms with Crippen LogP contribution in [-0.2, 0) is 6.42 Å². The highest BCUT2D eigenvalue weighted by molar-refractivity contribution is 9.10. The first kappa shape index (κ1) is 7.99. The lowest BCUT2D eigenvalue weighted by Crippen LogP contribution is -2.07. The number of hydrogen-bond donors (Lipinski definition) is 0. The van der Waals surface area contributed by atoms with Gasteiger partial charge in [-0.3, -0.25) is 4.79 Å². The summed E-state index contributed by atoms with van der Waals surface area (Å²) in [5.74, 6) is 0.239. The molecule has 2 rings (SSSR count). The number of ketones is 1. The minimum absolute atomic E-state index is 0.00796. The minimum Gasteiger partial charge on any atom is -0.293 e. The zero-order valence-electron chi connectivity index (χ0n) is 6.80. The molecule has 12 heavy (non-hydrogen) atoms. The highest BCUT2D eigenvalue weighted by Crippen LogP contribution is 2.28. The van der Waals surface area contributed by atoms with Gasteiger partial charge in [-0.15, -0.1) is 0 Å². The van der Waals surface area contributed by atoms with Gasteiger partial charge in [-0.1, -0.05) is 34.1 Å². The first-order valence-electron chi connectivity index (χ1n) is 3.97. The molecule has 2 heteroatoms. The summed E-state index contributed by atoms with van der Waals surface area (Å²) in [6, 6.07) is 6.02. The second kappa shape index (κ2) is 2.70. The maximum atomic E-state index is 11.6. The lowest BCUT2D eigenvalue weighted by atomic mass is 10.0. The van der Waals surface area contributed by atoms with Gasteiger partial charge in [0, 0.05) is 5.56 Å². The predicted molar refractivity (Wildman–Crippen MR) is 51.9 cm³/mol. The molecule has 1 unspecified atom stereocenters. The Morgan fingerprint density at radius 1 is 1.50 bits per heavy atom. The van der Waals surface area contributed by atoms with E-state index in [0.29, 0.717) is 0 Å². The summed E-state index contributed by atoms with van der Waals surface area (Å²) in [7, 11) is 0. The van der Waals surface area contributed by atoms with E-state index in [-0.39, 0.29) is 10.6 Å². The average Bonchev–Trinajstić information content (AvgIpc) is 2.29. The van der Waals surface area contributed by atoms with Gasteiger partial charge in [0.25, 0.3) is 0 Å². The molecule has 1 aliphatic rings. The largest absolute Gasteiger partial charge is 0.293 e. The smallest absolute Gasteiger partial charge is 0.177 e. The number of rotatable bonds is 0. The lowest BCUT2D eigenvalue weighted by Gasteiger charge is -1.99. The van der Waals surface area contributed by atoms with Gasteiger partial charge in [0.2, 0.25) is 0 Å². The number of halogens is 1. The Morgan fingerprint density at radius 3 is 2.92 bits per heavy atom. The molecule has 0 aromatic heterocycles. The number of carbonyl (C=O) groups is 1. The van der Waals surface area contributed by atoms with E-state index >= 15 is 0 Å². The van der Waals surface area contributed by atoms with E-state index in [0.717, 1.165) is 17.5 Å². The predicted octanol–water partition coefficient (Wildman–Crippen LogP) is 2.50. The van der Waals surface area contributed by atoms with E-state index in [1.165, 1.54) is 5.56 Å². The van der Waals surface area contributed by atoms with Crippen molar-refractivity contribution in [3.05, 3.63) is 34.9 Å². The van der Waals surface area contributed by atoms with Crippen molar-refractivity contribution in [1.29, 1.82) is 0 Å². The molecule has 62 valence electrons. The van der Waals surface area contributed by atoms with Gasteiger partial charge >= 0.3 is 0 Å². The molecular formula is C10H9BrO. The number of carbonyl (C=O) groups excluding carboxylic acids is 1. The molecule has 1 aromatic carbocycles. The minimum atomic E-state index is 0.00796. The number of benzene rings is 1. The Morgan fingerprint density at radius 2 is 2.25 bits per heavy atom. The average molecular weight is 225 g/mol. The zero-order valence-corrected chi connectivity index (χ0v) is 8.39. The van der Waals surface area contributed by atoms with E-state index in [4.69, 9.17) is 0 Å². The summed E-state index contributed by atoms with van der Waals surface area (Å²) in [4.78, 5) is 11.6. The van der Waals surface area contributed by atoms with Crippen LogP contribution in [0.3, 0.4) is 0 Å². The molecule has 0 bridgehead atoms. The molecule has 0 aliphatic heterocycles. The number of hydrogen-bond acceptors (Lipinski definition) is 1. The van der Waals surface area contributed by atoms with E-state index in [9.17, 15) is 4.79 Å². The van der Waals surface area contributed by atoms with Gasteiger partial charge in [0.15, 0.2) is 5.78 Å². The number of aryl methyl sites for hydroxylation is 1. The van der Waals surface area contributed by atoms with E-state index < -0.39 is 0 Å². The highest BCUT2D eigenvalue weighted by Gasteiger charge is 2.29. The first-order valence-corrected chi connectivity index (χ1v) is 4.88. The van der Waals surface area contributed by atoms with Crippen LogP contribution in [0.2, 0.25) is 0 Å². The van der Waals surface area contributed by atoms with Gasteiger partial charge in [-0.2, -0.15) is 0 Å². The molecule has 0 saturated carbocycles. The first-order chi connectivity index (χ1) is 5.70. The summed E-state index contributed by atoms with van der Waals surface area (Å²) < 4.78 is 0. The molecule has 0 spiro atoms. The molecule has 1 nitrogen and oxygen atoms in total. The normalized spacial score (nSPS) is 21.2. The number of Topliss-reactive ketones (excluding diaryl/α,β-unsaturated/α-hetero) is 1. The summed E-state index contributed by atoms with van der Waals surface area (Å²) in [5, 5.41) is 0. The lowest BCUT2D eigenvalue weighted by molar-refractivity contribution is 0.100. The molecule has 0 amide bonds. The quantitative estimate of drug-likeness (QED) is 0.620. The van der Waals surface area contributed by atoms with Crippen molar-refractivity contribution in [2.45, 2.75) is 18.2 Å². The Balaban J connectivity index is 2.62. The monoisotopic (exact) mass is 224 g/mol. The van der Waals surface area contributed by atoms with E-state index in [1.807, 2.05) is 25.1 Å². The fourth-order valence-corrected chi connectivity index (χ4v) is 2.27. The highest BCUT2D eigenvalue weighted by atomic mass is 79.9. The third-order valence-corrected chi connectivity index (χ3v) is 3.03. The van der Waals surface area contributed by atoms with Crippen molar-refractivity contribution in [3.8, 4) is 0 Å². The fraction of sp³-hybridized carbons (Fsp3) is 0.300. The van der Waals surface area contributed by atoms with Gasteiger partial charge in [-0.05, 0) is 24.5 Å². The van der Waals surface area contributed by atoms with E-state index in [2.05, 4.69) is 15.9 Å². The van der Waals surface area contributed by atoms with Crippen LogP contribution in [0.15, 0.2) is 18.2 Å². The molecule has 1 aromatic rings. The van der Waals surface area contributed by atoms with Crippen LogP contribution in [0.5, 0.6) is 0 Å². The Kier molecular flexibility index (Phi) is 1.80. The van der Waals surface area contributed by atoms with Crippen LogP contribution < -0.4 is 0 Å². The topological polar surface area (TPSA) is 17.1 Å². The molecule has 0 radical (unpaired) electrons. The van der Waals surface area contributed by atoms with Crippen molar-refractivity contribution < 1.29 is 4.79 Å². The standard InChI is InChI=1S/C10H9BrO/c1-6-3-2-4-7-5-8(11)10(12)9(6)7/h2-4,8H,5H2,1H3. The van der Waals surface area contributed by atoms with Crippen LogP contribution in [0.25, 0.3) is 0 Å². The summed E-state index contributed by atoms with van der Waals surface area (Å²) in [5.41, 5.74) is 3.21. The van der Waals surface area contributed by atoms with Crippen LogP contribution in [-0.4, -0.2) is 10.6 Å². The Hall–Kier alpha value is -0.630. The SMILES string of the molecule is Cc1cccc2c1C(=O)C(Br)C2. The number of alkyl halides is 1. The Labute approximate surface area is 79.9 Å². The maximum absolute atomic E-state index is 11.6. The second-order valence-electron chi connectivity index (χ2n) is 3.14. The van der Waals surface area contributed by atoms with Crippen LogP contribution >= 0.6 is 15.9 Å². The van der Waals surface area contributed by atoms with Crippen molar-refractivity contribution in [2.75, 3.05) is 0 Å². The van der Waals surface area contributed by atoms with E-state index in [1.54, 1.807) is 0 Å². The Bertz CT molecular complexity index is 344. The third kappa shape index (κ3) is 1.02. The third-order valence-electron chi connectivity index (χ3n) is 2.29. The van der Waals surface area contributed by atoms with Crippen molar-refractivity contribution in [1.82, 2.24) is 0 Å². The van der Waals surface area contributed by atoms with Gasteiger partial charge in [0.1, 0.15) is 0 Å². The molecule has 1 atom stereocenters. The van der Waals surface area contributed by atoms with Crippen LogP contribution in [0.1, 0.15) is 21.5 Å². The second-order valence-corrected chi connectivity index (χ2v) is 4.25. The van der Waals surface area contributed by atoms with Gasteiger partial charge in [-0.25, -0.2) is 0 Å². The summed E-state index contributed by atoms with van der Waals surface area (Å²) in [6.07, 6.45) is 0.843. The molecule has 0 fully saturated rings. The summed E-state index contributed by atoms with van der Waals surface area (Å²) in [6.45, 7) is 1.99. The van der Waals surface area contributed by atoms with Crippen molar-refractivity contribution >= 4 is 21.7 Å². The van der Waals surface area contributed by atoms with Gasteiger partial charge < -0.3 is 0 Å². The molecule has 0 heterocycles. The van der Waals surface area contributed by atoms with Crippen molar-refractivity contribution in [2.24, 2.45) is 0 Å². The maximum Gasteiger partial charge on any atom is 0.177 e. The van der Waals surface area contributed by atoms with Crippen LogP contribution in [0.4, 0.5) is 0 Å². The van der Waals surface area contributed by atoms with Crippen molar-refractivity contribution in [3.63, 3.8) is 0 Å². The van der Waals surface area contributed by atoms with Crippen LogP contribution in [0, 0.1) is 6.92 Å².